The zero-order valence-corrected chi connectivity index (χ0v) is 26.1. The first-order valence-corrected chi connectivity index (χ1v) is 16.6. The maximum atomic E-state index is 11.4. The molecule has 0 aliphatic heterocycles. The summed E-state index contributed by atoms with van der Waals surface area (Å²) in [5, 5.41) is 37.5. The van der Waals surface area contributed by atoms with Crippen molar-refractivity contribution >= 4 is 23.9 Å². The SMILES string of the molecule is O=C(O)C12CC3CC(C1)CC(C(=O)O)(C3)C2.O=C(O)C12CC3CC(C1)CC(C(=O)O)(C3)C2.c1cc(CCc2ccncc2)ccn1. The second-order valence-corrected chi connectivity index (χ2v) is 15.5. The second kappa shape index (κ2) is 12.1. The van der Waals surface area contributed by atoms with Crippen LogP contribution in [0.15, 0.2) is 49.1 Å². The Morgan fingerprint density at radius 1 is 0.500 bits per heavy atom. The van der Waals surface area contributed by atoms with Gasteiger partial charge in [0.2, 0.25) is 0 Å². The van der Waals surface area contributed by atoms with Crippen LogP contribution in [0.25, 0.3) is 0 Å². The maximum Gasteiger partial charge on any atom is 0.309 e. The number of pyridine rings is 2. The number of hydrogen-bond donors (Lipinski definition) is 4. The molecule has 0 radical (unpaired) electrons. The molecule has 246 valence electrons. The largest absolute Gasteiger partial charge is 0.481 e. The average Bonchev–Trinajstić information content (AvgIpc) is 3.00. The maximum absolute atomic E-state index is 11.4. The van der Waals surface area contributed by atoms with Crippen LogP contribution in [-0.2, 0) is 32.0 Å². The molecule has 0 spiro atoms. The van der Waals surface area contributed by atoms with E-state index in [-0.39, 0.29) is 0 Å². The van der Waals surface area contributed by atoms with Crippen LogP contribution < -0.4 is 0 Å². The van der Waals surface area contributed by atoms with Gasteiger partial charge in [0.05, 0.1) is 21.7 Å². The van der Waals surface area contributed by atoms with E-state index in [1.807, 2.05) is 24.8 Å². The number of hydrogen-bond acceptors (Lipinski definition) is 6. The summed E-state index contributed by atoms with van der Waals surface area (Å²) >= 11 is 0. The fourth-order valence-corrected chi connectivity index (χ4v) is 10.9. The molecule has 10 rings (SSSR count). The van der Waals surface area contributed by atoms with Crippen molar-refractivity contribution in [2.24, 2.45) is 45.3 Å². The average molecular weight is 633 g/mol. The van der Waals surface area contributed by atoms with Gasteiger partial charge in [0.1, 0.15) is 0 Å². The van der Waals surface area contributed by atoms with Gasteiger partial charge < -0.3 is 20.4 Å². The van der Waals surface area contributed by atoms with Crippen LogP contribution in [0.1, 0.15) is 88.2 Å². The molecule has 8 aliphatic carbocycles. The van der Waals surface area contributed by atoms with Gasteiger partial charge in [-0.1, -0.05) is 0 Å². The monoisotopic (exact) mass is 632 g/mol. The van der Waals surface area contributed by atoms with Gasteiger partial charge in [-0.05, 0) is 149 Å². The highest BCUT2D eigenvalue weighted by molar-refractivity contribution is 5.81. The minimum atomic E-state index is -0.771. The summed E-state index contributed by atoms with van der Waals surface area (Å²) < 4.78 is 0. The van der Waals surface area contributed by atoms with Gasteiger partial charge in [-0.25, -0.2) is 0 Å². The number of aliphatic carboxylic acids is 4. The predicted octanol–water partition coefficient (Wildman–Crippen LogP) is 5.75. The molecule has 0 unspecified atom stereocenters. The minimum absolute atomic E-state index is 0.327. The number of carbonyl (C=O) groups is 4. The highest BCUT2D eigenvalue weighted by Gasteiger charge is 2.64. The van der Waals surface area contributed by atoms with Crippen molar-refractivity contribution in [2.45, 2.75) is 89.9 Å². The molecule has 4 N–H and O–H groups in total. The van der Waals surface area contributed by atoms with E-state index in [0.717, 1.165) is 25.7 Å². The van der Waals surface area contributed by atoms with E-state index >= 15 is 0 Å². The molecule has 8 aliphatic rings. The van der Waals surface area contributed by atoms with E-state index in [9.17, 15) is 39.6 Å². The smallest absolute Gasteiger partial charge is 0.309 e. The molecular weight excluding hydrogens is 588 g/mol. The molecule has 46 heavy (non-hydrogen) atoms. The lowest BCUT2D eigenvalue weighted by atomic mass is 9.44. The lowest BCUT2D eigenvalue weighted by Crippen LogP contribution is -2.57. The number of carboxylic acid groups (broad SMARTS) is 4. The third-order valence-corrected chi connectivity index (χ3v) is 12.1. The van der Waals surface area contributed by atoms with Crippen LogP contribution in [0.4, 0.5) is 0 Å². The fourth-order valence-electron chi connectivity index (χ4n) is 10.9. The molecule has 8 saturated carbocycles. The van der Waals surface area contributed by atoms with Crippen molar-refractivity contribution in [1.82, 2.24) is 9.97 Å². The summed E-state index contributed by atoms with van der Waals surface area (Å²) in [6, 6.07) is 8.23. The highest BCUT2D eigenvalue weighted by atomic mass is 16.4. The predicted molar refractivity (Wildman–Crippen MR) is 166 cm³/mol. The number of rotatable bonds is 7. The van der Waals surface area contributed by atoms with Crippen molar-refractivity contribution in [2.75, 3.05) is 0 Å². The van der Waals surface area contributed by atoms with Gasteiger partial charge in [-0.3, -0.25) is 29.1 Å². The third-order valence-electron chi connectivity index (χ3n) is 12.1. The molecule has 8 fully saturated rings. The molecule has 10 nitrogen and oxygen atoms in total. The van der Waals surface area contributed by atoms with Gasteiger partial charge in [-0.2, -0.15) is 0 Å². The first kappa shape index (κ1) is 32.1. The lowest BCUT2D eigenvalue weighted by Gasteiger charge is -2.58. The van der Waals surface area contributed by atoms with Crippen LogP contribution in [0, 0.1) is 45.3 Å². The standard InChI is InChI=1S/C12H12N2.2C12H16O4/c1(11-3-7-13-8-4-11)2-12-5-9-14-10-6-12;2*13-9(14)11-2-7-1-8(4-11)5-12(3-7,6-11)10(15)16/h3-10H,1-2H2;2*7-8H,1-6H2,(H,13,14)(H,15,16). The summed E-state index contributed by atoms with van der Waals surface area (Å²) in [5.74, 6) is -1.78. The Balaban J connectivity index is 0.000000122. The zero-order valence-electron chi connectivity index (χ0n) is 26.1. The highest BCUT2D eigenvalue weighted by Crippen LogP contribution is 2.66. The third kappa shape index (κ3) is 6.02. The molecule has 0 atom stereocenters. The molecule has 10 heteroatoms. The Bertz CT molecular complexity index is 1270. The first-order chi connectivity index (χ1) is 21.9. The molecule has 8 bridgehead atoms. The number of aromatic nitrogens is 2. The zero-order chi connectivity index (χ0) is 32.7. The van der Waals surface area contributed by atoms with Crippen molar-refractivity contribution in [1.29, 1.82) is 0 Å². The van der Waals surface area contributed by atoms with Gasteiger partial charge in [0, 0.05) is 24.8 Å². The number of aryl methyl sites for hydroxylation is 2. The fraction of sp³-hybridized carbons (Fsp3) is 0.611. The molecule has 2 heterocycles. The van der Waals surface area contributed by atoms with Crippen LogP contribution in [0.3, 0.4) is 0 Å². The van der Waals surface area contributed by atoms with E-state index in [0.29, 0.717) is 87.9 Å². The number of carboxylic acids is 4. The quantitative estimate of drug-likeness (QED) is 0.294. The van der Waals surface area contributed by atoms with Crippen molar-refractivity contribution < 1.29 is 39.6 Å². The first-order valence-electron chi connectivity index (χ1n) is 16.6. The Morgan fingerprint density at radius 2 is 0.739 bits per heavy atom. The van der Waals surface area contributed by atoms with Crippen LogP contribution in [-0.4, -0.2) is 54.3 Å². The molecule has 2 aromatic rings. The van der Waals surface area contributed by atoms with Crippen molar-refractivity contribution in [3.8, 4) is 0 Å². The summed E-state index contributed by atoms with van der Waals surface area (Å²) in [4.78, 5) is 53.7. The minimum Gasteiger partial charge on any atom is -0.481 e. The Kier molecular flexibility index (Phi) is 8.44. The Hall–Kier alpha value is -3.82. The Labute approximate surface area is 268 Å². The summed E-state index contributed by atoms with van der Waals surface area (Å²) in [6.07, 6.45) is 17.9. The van der Waals surface area contributed by atoms with Gasteiger partial charge in [0.15, 0.2) is 0 Å². The van der Waals surface area contributed by atoms with Crippen LogP contribution in [0.5, 0.6) is 0 Å². The van der Waals surface area contributed by atoms with Crippen LogP contribution >= 0.6 is 0 Å². The summed E-state index contributed by atoms with van der Waals surface area (Å²) in [7, 11) is 0. The number of nitrogens with zero attached hydrogens (tertiary/aromatic N) is 2. The Morgan fingerprint density at radius 3 is 0.957 bits per heavy atom. The van der Waals surface area contributed by atoms with E-state index in [2.05, 4.69) is 34.2 Å². The van der Waals surface area contributed by atoms with E-state index in [4.69, 9.17) is 0 Å². The normalized spacial score (nSPS) is 37.3. The van der Waals surface area contributed by atoms with Gasteiger partial charge in [0.25, 0.3) is 0 Å². The van der Waals surface area contributed by atoms with Gasteiger partial charge >= 0.3 is 23.9 Å². The summed E-state index contributed by atoms with van der Waals surface area (Å²) in [5.41, 5.74) is -0.218. The lowest BCUT2D eigenvalue weighted by molar-refractivity contribution is -0.188. The van der Waals surface area contributed by atoms with Crippen molar-refractivity contribution in [3.05, 3.63) is 60.2 Å². The molecule has 0 saturated heterocycles. The van der Waals surface area contributed by atoms with Crippen molar-refractivity contribution in [3.63, 3.8) is 0 Å². The molecule has 2 aromatic heterocycles. The molecule has 0 aromatic carbocycles. The van der Waals surface area contributed by atoms with Gasteiger partial charge in [-0.15, -0.1) is 0 Å². The van der Waals surface area contributed by atoms with E-state index in [1.54, 1.807) is 0 Å². The second-order valence-electron chi connectivity index (χ2n) is 15.5. The topological polar surface area (TPSA) is 175 Å². The summed E-state index contributed by atoms with van der Waals surface area (Å²) in [6.45, 7) is 0. The van der Waals surface area contributed by atoms with E-state index < -0.39 is 45.5 Å². The van der Waals surface area contributed by atoms with E-state index in [1.165, 1.54) is 11.1 Å². The van der Waals surface area contributed by atoms with Crippen LogP contribution in [0.2, 0.25) is 0 Å². The molecular formula is C36H44N2O8. The molecule has 0 amide bonds.